The largest absolute Gasteiger partial charge is 0.355 e. The number of nitrogens with zero attached hydrogens (tertiary/aromatic N) is 2. The van der Waals surface area contributed by atoms with Crippen LogP contribution in [0.2, 0.25) is 5.02 Å². The van der Waals surface area contributed by atoms with Gasteiger partial charge in [-0.25, -0.2) is 8.42 Å². The lowest BCUT2D eigenvalue weighted by atomic mass is 10.0. The molecule has 4 aromatic rings. The molecule has 0 aromatic heterocycles. The quantitative estimate of drug-likeness (QED) is 0.199. The van der Waals surface area contributed by atoms with E-state index < -0.39 is 28.5 Å². The number of hydrogen-bond donors (Lipinski definition) is 1. The molecule has 0 aliphatic rings. The smallest absolute Gasteiger partial charge is 0.264 e. The second-order valence-corrected chi connectivity index (χ2v) is 12.7. The number of carbonyl (C=O) groups excluding carboxylic acids is 2. The molecule has 0 aliphatic carbocycles. The first-order chi connectivity index (χ1) is 20.2. The summed E-state index contributed by atoms with van der Waals surface area (Å²) in [4.78, 5) is 29.3. The molecule has 7 nitrogen and oxygen atoms in total. The van der Waals surface area contributed by atoms with Gasteiger partial charge in [0.15, 0.2) is 0 Å². The number of sulfonamides is 1. The third-order valence-corrected chi connectivity index (χ3v) is 9.18. The Morgan fingerprint density at radius 2 is 1.48 bits per heavy atom. The van der Waals surface area contributed by atoms with Crippen molar-refractivity contribution in [1.29, 1.82) is 0 Å². The van der Waals surface area contributed by atoms with Gasteiger partial charge < -0.3 is 10.2 Å². The lowest BCUT2D eigenvalue weighted by Gasteiger charge is -2.34. The van der Waals surface area contributed by atoms with Crippen LogP contribution in [0.4, 0.5) is 5.69 Å². The molecule has 1 unspecified atom stereocenters. The van der Waals surface area contributed by atoms with Crippen molar-refractivity contribution in [3.05, 3.63) is 130 Å². The molecule has 0 saturated heterocycles. The van der Waals surface area contributed by atoms with E-state index >= 15 is 0 Å². The van der Waals surface area contributed by atoms with E-state index in [1.807, 2.05) is 61.5 Å². The molecule has 0 heterocycles. The fourth-order valence-corrected chi connectivity index (χ4v) is 6.75. The van der Waals surface area contributed by atoms with Crippen molar-refractivity contribution in [2.45, 2.75) is 30.8 Å². The fourth-order valence-electron chi connectivity index (χ4n) is 4.57. The standard InChI is InChI=1S/C32H31BrClN3O4S/c1-2-35-32(39)30(21-24-12-5-3-6-13-24)36(22-25-14-11-15-26(33)20-25)31(38)23-37(29-19-10-9-18-28(29)34)42(40,41)27-16-7-4-8-17-27/h3-20,30H,2,21-23H2,1H3,(H,35,39). The van der Waals surface area contributed by atoms with Gasteiger partial charge in [0.25, 0.3) is 10.0 Å². The van der Waals surface area contributed by atoms with Crippen LogP contribution in [-0.4, -0.2) is 44.3 Å². The van der Waals surface area contributed by atoms with Gasteiger partial charge in [0.05, 0.1) is 15.6 Å². The zero-order valence-corrected chi connectivity index (χ0v) is 26.1. The monoisotopic (exact) mass is 667 g/mol. The SMILES string of the molecule is CCNC(=O)C(Cc1ccccc1)N(Cc1cccc(Br)c1)C(=O)CN(c1ccccc1Cl)S(=O)(=O)c1ccccc1. The molecule has 4 rings (SSSR count). The number of para-hydroxylation sites is 1. The summed E-state index contributed by atoms with van der Waals surface area (Å²) in [5.41, 5.74) is 1.80. The molecule has 218 valence electrons. The van der Waals surface area contributed by atoms with Crippen LogP contribution in [0.15, 0.2) is 119 Å². The van der Waals surface area contributed by atoms with Gasteiger partial charge in [-0.3, -0.25) is 13.9 Å². The number of nitrogens with one attached hydrogen (secondary N) is 1. The predicted molar refractivity (Wildman–Crippen MR) is 170 cm³/mol. The number of amides is 2. The third kappa shape index (κ3) is 7.79. The minimum absolute atomic E-state index is 0.0146. The first-order valence-corrected chi connectivity index (χ1v) is 16.0. The lowest BCUT2D eigenvalue weighted by molar-refractivity contribution is -0.140. The zero-order chi connectivity index (χ0) is 30.1. The maximum absolute atomic E-state index is 14.3. The van der Waals surface area contributed by atoms with Crippen molar-refractivity contribution >= 4 is 55.1 Å². The number of rotatable bonds is 12. The molecule has 0 fully saturated rings. The Labute approximate surface area is 260 Å². The van der Waals surface area contributed by atoms with Crippen LogP contribution < -0.4 is 9.62 Å². The maximum atomic E-state index is 14.3. The van der Waals surface area contributed by atoms with Crippen LogP contribution in [0.25, 0.3) is 0 Å². The van der Waals surface area contributed by atoms with E-state index in [-0.39, 0.29) is 34.5 Å². The number of halogens is 2. The summed E-state index contributed by atoms with van der Waals surface area (Å²) in [6.07, 6.45) is 0.240. The van der Waals surface area contributed by atoms with Crippen molar-refractivity contribution in [3.8, 4) is 0 Å². The highest BCUT2D eigenvalue weighted by Gasteiger charge is 2.35. The van der Waals surface area contributed by atoms with Gasteiger partial charge >= 0.3 is 0 Å². The number of anilines is 1. The number of likely N-dealkylation sites (N-methyl/N-ethyl adjacent to an activating group) is 1. The fraction of sp³-hybridized carbons (Fsp3) is 0.188. The maximum Gasteiger partial charge on any atom is 0.264 e. The van der Waals surface area contributed by atoms with Crippen LogP contribution in [-0.2, 0) is 32.6 Å². The molecule has 1 atom stereocenters. The van der Waals surface area contributed by atoms with Crippen molar-refractivity contribution in [3.63, 3.8) is 0 Å². The summed E-state index contributed by atoms with van der Waals surface area (Å²) in [5, 5.41) is 3.03. The van der Waals surface area contributed by atoms with Gasteiger partial charge in [0.1, 0.15) is 12.6 Å². The molecule has 0 spiro atoms. The Kier molecular flexibility index (Phi) is 10.8. The second-order valence-electron chi connectivity index (χ2n) is 9.53. The average Bonchev–Trinajstić information content (AvgIpc) is 2.99. The van der Waals surface area contributed by atoms with Crippen molar-refractivity contribution < 1.29 is 18.0 Å². The van der Waals surface area contributed by atoms with Gasteiger partial charge in [-0.2, -0.15) is 0 Å². The van der Waals surface area contributed by atoms with E-state index in [1.54, 1.807) is 42.5 Å². The Balaban J connectivity index is 1.80. The summed E-state index contributed by atoms with van der Waals surface area (Å²) in [6, 6.07) is 30.3. The summed E-state index contributed by atoms with van der Waals surface area (Å²) in [7, 11) is -4.21. The highest BCUT2D eigenvalue weighted by molar-refractivity contribution is 9.10. The summed E-state index contributed by atoms with van der Waals surface area (Å²) < 4.78 is 29.7. The van der Waals surface area contributed by atoms with Crippen LogP contribution in [0.1, 0.15) is 18.1 Å². The Morgan fingerprint density at radius 3 is 2.12 bits per heavy atom. The second kappa shape index (κ2) is 14.5. The lowest BCUT2D eigenvalue weighted by Crippen LogP contribution is -2.53. The van der Waals surface area contributed by atoms with Gasteiger partial charge in [-0.15, -0.1) is 0 Å². The molecule has 4 aromatic carbocycles. The minimum atomic E-state index is -4.21. The molecule has 42 heavy (non-hydrogen) atoms. The molecule has 0 bridgehead atoms. The van der Waals surface area contributed by atoms with Gasteiger partial charge in [-0.1, -0.05) is 100 Å². The van der Waals surface area contributed by atoms with E-state index in [4.69, 9.17) is 11.6 Å². The number of hydrogen-bond acceptors (Lipinski definition) is 4. The van der Waals surface area contributed by atoms with E-state index in [2.05, 4.69) is 21.2 Å². The van der Waals surface area contributed by atoms with Gasteiger partial charge in [0, 0.05) is 24.0 Å². The summed E-state index contributed by atoms with van der Waals surface area (Å²) >= 11 is 9.96. The third-order valence-electron chi connectivity index (χ3n) is 6.60. The number of benzene rings is 4. The van der Waals surface area contributed by atoms with Crippen molar-refractivity contribution in [1.82, 2.24) is 10.2 Å². The average molecular weight is 669 g/mol. The Morgan fingerprint density at radius 1 is 0.857 bits per heavy atom. The Bertz CT molecular complexity index is 1620. The molecular weight excluding hydrogens is 638 g/mol. The van der Waals surface area contributed by atoms with E-state index in [0.717, 1.165) is 19.9 Å². The first kappa shape index (κ1) is 31.3. The Hall–Kier alpha value is -3.66. The van der Waals surface area contributed by atoms with Crippen molar-refractivity contribution in [2.24, 2.45) is 0 Å². The highest BCUT2D eigenvalue weighted by Crippen LogP contribution is 2.31. The molecular formula is C32H31BrClN3O4S. The number of carbonyl (C=O) groups is 2. The van der Waals surface area contributed by atoms with Crippen LogP contribution in [0, 0.1) is 0 Å². The van der Waals surface area contributed by atoms with Crippen LogP contribution in [0.5, 0.6) is 0 Å². The zero-order valence-electron chi connectivity index (χ0n) is 23.0. The van der Waals surface area contributed by atoms with Gasteiger partial charge in [-0.05, 0) is 54.4 Å². The summed E-state index contributed by atoms with van der Waals surface area (Å²) in [5.74, 6) is -0.888. The molecule has 10 heteroatoms. The summed E-state index contributed by atoms with van der Waals surface area (Å²) in [6.45, 7) is 1.69. The highest BCUT2D eigenvalue weighted by atomic mass is 79.9. The van der Waals surface area contributed by atoms with Crippen LogP contribution in [0.3, 0.4) is 0 Å². The van der Waals surface area contributed by atoms with E-state index in [9.17, 15) is 18.0 Å². The van der Waals surface area contributed by atoms with Gasteiger partial charge in [0.2, 0.25) is 11.8 Å². The topological polar surface area (TPSA) is 86.8 Å². The first-order valence-electron chi connectivity index (χ1n) is 13.4. The molecule has 2 amide bonds. The molecule has 0 radical (unpaired) electrons. The predicted octanol–water partition coefficient (Wildman–Crippen LogP) is 6.07. The minimum Gasteiger partial charge on any atom is -0.355 e. The molecule has 0 aliphatic heterocycles. The van der Waals surface area contributed by atoms with E-state index in [1.165, 1.54) is 17.0 Å². The molecule has 0 saturated carbocycles. The normalized spacial score (nSPS) is 11.9. The van der Waals surface area contributed by atoms with Crippen molar-refractivity contribution in [2.75, 3.05) is 17.4 Å². The molecule has 1 N–H and O–H groups in total. The van der Waals surface area contributed by atoms with Crippen LogP contribution >= 0.6 is 27.5 Å². The van der Waals surface area contributed by atoms with E-state index in [0.29, 0.717) is 6.54 Å².